The molecule has 3 aromatic rings. The zero-order chi connectivity index (χ0) is 19.4. The molecule has 0 fully saturated rings. The second-order valence-electron chi connectivity index (χ2n) is 7.12. The molecule has 0 aliphatic carbocycles. The highest BCUT2D eigenvalue weighted by Crippen LogP contribution is 2.26. The normalized spacial score (nSPS) is 12.5. The number of thiazole rings is 1. The average molecular weight is 388 g/mol. The topological polar surface area (TPSA) is 77.2 Å². The minimum Gasteiger partial charge on any atom is -0.484 e. The fraction of sp³-hybridized carbons (Fsp3) is 0.450. The molecule has 3 rings (SSSR count). The average Bonchev–Trinajstić information content (AvgIpc) is 3.23. The number of hydrogen-bond donors (Lipinski definition) is 1. The summed E-state index contributed by atoms with van der Waals surface area (Å²) in [7, 11) is 0. The zero-order valence-corrected chi connectivity index (χ0v) is 16.9. The third-order valence-corrected chi connectivity index (χ3v) is 5.12. The van der Waals surface area contributed by atoms with E-state index in [2.05, 4.69) is 29.1 Å². The van der Waals surface area contributed by atoms with Gasteiger partial charge in [-0.05, 0) is 44.7 Å². The highest BCUT2D eigenvalue weighted by Gasteiger charge is 2.15. The lowest BCUT2D eigenvalue weighted by atomic mass is 10.0. The number of nitrogens with one attached hydrogen (secondary N) is 1. The molecule has 1 atom stereocenters. The summed E-state index contributed by atoms with van der Waals surface area (Å²) < 4.78 is 12.2. The van der Waals surface area contributed by atoms with Crippen molar-refractivity contribution >= 4 is 27.5 Å². The molecule has 0 saturated carbocycles. The molecular weight excluding hydrogens is 362 g/mol. The first-order valence-electron chi connectivity index (χ1n) is 9.16. The standard InChI is InChI=1S/C20H25N3O3S/c1-12(2)5-6-13(3)21-20(24)17-10-26-19(23-17)11-25-15-7-8-18-16(9-15)22-14(4)27-18/h7-10,12-13H,5-6,11H2,1-4H3,(H,21,24)/t13-/m1/s1. The molecule has 1 aromatic carbocycles. The summed E-state index contributed by atoms with van der Waals surface area (Å²) in [4.78, 5) is 20.9. The lowest BCUT2D eigenvalue weighted by Gasteiger charge is -2.13. The minimum atomic E-state index is -0.222. The number of ether oxygens (including phenoxy) is 1. The van der Waals surface area contributed by atoms with E-state index in [1.165, 1.54) is 6.26 Å². The van der Waals surface area contributed by atoms with Crippen LogP contribution in [0.5, 0.6) is 5.75 Å². The number of nitrogens with zero attached hydrogens (tertiary/aromatic N) is 2. The van der Waals surface area contributed by atoms with Crippen molar-refractivity contribution in [2.24, 2.45) is 5.92 Å². The van der Waals surface area contributed by atoms with Gasteiger partial charge in [0.15, 0.2) is 12.3 Å². The molecule has 0 bridgehead atoms. The van der Waals surface area contributed by atoms with Crippen LogP contribution in [0.15, 0.2) is 28.9 Å². The first kappa shape index (κ1) is 19.4. The molecule has 0 radical (unpaired) electrons. The van der Waals surface area contributed by atoms with Gasteiger partial charge in [-0.3, -0.25) is 4.79 Å². The van der Waals surface area contributed by atoms with Crippen LogP contribution in [0, 0.1) is 12.8 Å². The third kappa shape index (κ3) is 5.29. The number of amides is 1. The van der Waals surface area contributed by atoms with Crippen molar-refractivity contribution in [3.63, 3.8) is 0 Å². The van der Waals surface area contributed by atoms with Gasteiger partial charge >= 0.3 is 0 Å². The van der Waals surface area contributed by atoms with Crippen molar-refractivity contribution in [1.29, 1.82) is 0 Å². The molecule has 1 N–H and O–H groups in total. The lowest BCUT2D eigenvalue weighted by Crippen LogP contribution is -2.33. The van der Waals surface area contributed by atoms with Gasteiger partial charge in [0.05, 0.1) is 15.2 Å². The second-order valence-corrected chi connectivity index (χ2v) is 8.36. The Morgan fingerprint density at radius 3 is 2.85 bits per heavy atom. The summed E-state index contributed by atoms with van der Waals surface area (Å²) >= 11 is 1.65. The maximum absolute atomic E-state index is 12.3. The Hall–Kier alpha value is -2.41. The molecule has 0 aliphatic heterocycles. The number of aromatic nitrogens is 2. The van der Waals surface area contributed by atoms with Crippen molar-refractivity contribution in [1.82, 2.24) is 15.3 Å². The molecule has 27 heavy (non-hydrogen) atoms. The van der Waals surface area contributed by atoms with E-state index in [9.17, 15) is 4.79 Å². The molecule has 7 heteroatoms. The minimum absolute atomic E-state index is 0.101. The number of oxazole rings is 1. The molecule has 1 amide bonds. The number of hydrogen-bond acceptors (Lipinski definition) is 6. The summed E-state index contributed by atoms with van der Waals surface area (Å²) in [5, 5.41) is 3.97. The zero-order valence-electron chi connectivity index (χ0n) is 16.1. The summed E-state index contributed by atoms with van der Waals surface area (Å²) in [6.45, 7) is 8.48. The van der Waals surface area contributed by atoms with E-state index in [0.29, 0.717) is 17.6 Å². The van der Waals surface area contributed by atoms with Gasteiger partial charge in [-0.2, -0.15) is 0 Å². The highest BCUT2D eigenvalue weighted by atomic mass is 32.1. The number of benzene rings is 1. The summed E-state index contributed by atoms with van der Waals surface area (Å²) in [6.07, 6.45) is 3.38. The molecular formula is C20H25N3O3S. The molecule has 0 spiro atoms. The van der Waals surface area contributed by atoms with Crippen LogP contribution < -0.4 is 10.1 Å². The van der Waals surface area contributed by atoms with Crippen molar-refractivity contribution in [2.75, 3.05) is 0 Å². The molecule has 0 aliphatic rings. The predicted molar refractivity (Wildman–Crippen MR) is 106 cm³/mol. The SMILES string of the molecule is Cc1nc2cc(OCc3nc(C(=O)N[C@H](C)CCC(C)C)co3)ccc2s1. The Kier molecular flexibility index (Phi) is 6.11. The lowest BCUT2D eigenvalue weighted by molar-refractivity contribution is 0.0932. The van der Waals surface area contributed by atoms with Gasteiger partial charge in [0.1, 0.15) is 12.0 Å². The predicted octanol–water partition coefficient (Wildman–Crippen LogP) is 4.73. The van der Waals surface area contributed by atoms with Gasteiger partial charge in [0.25, 0.3) is 5.91 Å². The Bertz CT molecular complexity index is 916. The Labute approximate surface area is 163 Å². The van der Waals surface area contributed by atoms with Gasteiger partial charge < -0.3 is 14.5 Å². The van der Waals surface area contributed by atoms with Crippen LogP contribution in [0.2, 0.25) is 0 Å². The van der Waals surface area contributed by atoms with Gasteiger partial charge in [0, 0.05) is 12.1 Å². The Balaban J connectivity index is 1.54. The summed E-state index contributed by atoms with van der Waals surface area (Å²) in [5.41, 5.74) is 1.19. The van der Waals surface area contributed by atoms with Crippen LogP contribution in [0.25, 0.3) is 10.2 Å². The Morgan fingerprint density at radius 2 is 2.07 bits per heavy atom. The van der Waals surface area contributed by atoms with Gasteiger partial charge in [-0.25, -0.2) is 9.97 Å². The second kappa shape index (κ2) is 8.52. The fourth-order valence-corrected chi connectivity index (χ4v) is 3.50. The fourth-order valence-electron chi connectivity index (χ4n) is 2.69. The van der Waals surface area contributed by atoms with Crippen LogP contribution in [-0.2, 0) is 6.61 Å². The van der Waals surface area contributed by atoms with E-state index in [4.69, 9.17) is 9.15 Å². The van der Waals surface area contributed by atoms with E-state index in [-0.39, 0.29) is 24.2 Å². The van der Waals surface area contributed by atoms with Crippen LogP contribution in [-0.4, -0.2) is 21.9 Å². The van der Waals surface area contributed by atoms with Gasteiger partial charge in [-0.1, -0.05) is 13.8 Å². The van der Waals surface area contributed by atoms with Gasteiger partial charge in [-0.15, -0.1) is 11.3 Å². The summed E-state index contributed by atoms with van der Waals surface area (Å²) in [6, 6.07) is 5.88. The maximum Gasteiger partial charge on any atom is 0.273 e. The van der Waals surface area contributed by atoms with Gasteiger partial charge in [0.2, 0.25) is 5.89 Å². The van der Waals surface area contributed by atoms with Crippen LogP contribution in [0.1, 0.15) is 55.0 Å². The highest BCUT2D eigenvalue weighted by molar-refractivity contribution is 7.18. The van der Waals surface area contributed by atoms with Crippen molar-refractivity contribution < 1.29 is 13.9 Å². The van der Waals surface area contributed by atoms with E-state index >= 15 is 0 Å². The van der Waals surface area contributed by atoms with Crippen LogP contribution >= 0.6 is 11.3 Å². The van der Waals surface area contributed by atoms with Crippen molar-refractivity contribution in [3.05, 3.63) is 41.1 Å². The number of carbonyl (C=O) groups is 1. The first-order chi connectivity index (χ1) is 12.9. The van der Waals surface area contributed by atoms with Crippen molar-refractivity contribution in [2.45, 2.75) is 53.2 Å². The smallest absolute Gasteiger partial charge is 0.273 e. The maximum atomic E-state index is 12.3. The number of rotatable bonds is 8. The number of carbonyl (C=O) groups excluding carboxylic acids is 1. The third-order valence-electron chi connectivity index (χ3n) is 4.17. The van der Waals surface area contributed by atoms with E-state index in [1.807, 2.05) is 32.0 Å². The summed E-state index contributed by atoms with van der Waals surface area (Å²) in [5.74, 6) is 1.46. The monoisotopic (exact) mass is 387 g/mol. The molecule has 0 saturated heterocycles. The van der Waals surface area contributed by atoms with Crippen LogP contribution in [0.3, 0.4) is 0 Å². The number of fused-ring (bicyclic) bond motifs is 1. The molecule has 0 unspecified atom stereocenters. The molecule has 6 nitrogen and oxygen atoms in total. The van der Waals surface area contributed by atoms with Crippen molar-refractivity contribution in [3.8, 4) is 5.75 Å². The van der Waals surface area contributed by atoms with E-state index in [1.54, 1.807) is 11.3 Å². The van der Waals surface area contributed by atoms with E-state index in [0.717, 1.165) is 28.1 Å². The largest absolute Gasteiger partial charge is 0.484 e. The quantitative estimate of drug-likeness (QED) is 0.605. The van der Waals surface area contributed by atoms with Crippen LogP contribution in [0.4, 0.5) is 0 Å². The molecule has 2 aromatic heterocycles. The molecule has 144 valence electrons. The number of aryl methyl sites for hydroxylation is 1. The first-order valence-corrected chi connectivity index (χ1v) is 9.97. The molecule has 2 heterocycles. The Morgan fingerprint density at radius 1 is 1.26 bits per heavy atom. The van der Waals surface area contributed by atoms with E-state index < -0.39 is 0 Å².